The van der Waals surface area contributed by atoms with Crippen LogP contribution in [0, 0.1) is 0 Å². The van der Waals surface area contributed by atoms with E-state index in [1.807, 2.05) is 11.8 Å². The number of alkyl halides is 3. The summed E-state index contributed by atoms with van der Waals surface area (Å²) in [5.74, 6) is 0.516. The molecule has 1 saturated heterocycles. The molecule has 0 atom stereocenters. The molecule has 0 radical (unpaired) electrons. The van der Waals surface area contributed by atoms with Gasteiger partial charge in [-0.1, -0.05) is 12.1 Å². The molecule has 2 heterocycles. The Morgan fingerprint density at radius 1 is 1.14 bits per heavy atom. The third-order valence-electron chi connectivity index (χ3n) is 4.97. The second kappa shape index (κ2) is 8.73. The zero-order valence-corrected chi connectivity index (χ0v) is 16.4. The first kappa shape index (κ1) is 21.0. The van der Waals surface area contributed by atoms with Gasteiger partial charge in [0.15, 0.2) is 0 Å². The number of hydrogen-bond donors (Lipinski definition) is 0. The molecule has 0 saturated carbocycles. The normalized spacial score (nSPS) is 15.4. The average molecular weight is 408 g/mol. The minimum atomic E-state index is -4.37. The van der Waals surface area contributed by atoms with E-state index < -0.39 is 11.7 Å². The number of benzene rings is 1. The highest BCUT2D eigenvalue weighted by atomic mass is 19.4. The molecule has 7 nitrogen and oxygen atoms in total. The van der Waals surface area contributed by atoms with E-state index in [0.29, 0.717) is 56.5 Å². The van der Waals surface area contributed by atoms with Gasteiger partial charge in [-0.15, -0.1) is 5.10 Å². The minimum Gasteiger partial charge on any atom is -0.345 e. The predicted molar refractivity (Wildman–Crippen MR) is 102 cm³/mol. The minimum absolute atomic E-state index is 0.0863. The fraction of sp³-hybridized carbons (Fsp3) is 0.474. The number of piperazine rings is 1. The second-order valence-electron chi connectivity index (χ2n) is 6.89. The Bertz CT molecular complexity index is 835. The van der Waals surface area contributed by atoms with Crippen LogP contribution in [0.3, 0.4) is 0 Å². The van der Waals surface area contributed by atoms with Crippen molar-refractivity contribution in [2.75, 3.05) is 51.2 Å². The monoisotopic (exact) mass is 408 g/mol. The van der Waals surface area contributed by atoms with E-state index in [0.717, 1.165) is 12.1 Å². The van der Waals surface area contributed by atoms with Crippen molar-refractivity contribution < 1.29 is 18.0 Å². The second-order valence-corrected chi connectivity index (χ2v) is 6.89. The van der Waals surface area contributed by atoms with Gasteiger partial charge in [0, 0.05) is 45.3 Å². The van der Waals surface area contributed by atoms with Gasteiger partial charge in [-0.25, -0.2) is 4.98 Å². The first-order valence-corrected chi connectivity index (χ1v) is 9.36. The van der Waals surface area contributed by atoms with Gasteiger partial charge >= 0.3 is 6.18 Å². The summed E-state index contributed by atoms with van der Waals surface area (Å²) in [4.78, 5) is 22.2. The highest BCUT2D eigenvalue weighted by Crippen LogP contribution is 2.30. The fourth-order valence-electron chi connectivity index (χ4n) is 2.99. The van der Waals surface area contributed by atoms with E-state index in [1.54, 1.807) is 11.9 Å². The molecule has 0 N–H and O–H groups in total. The molecule has 2 aromatic rings. The number of nitrogens with zero attached hydrogens (tertiary/aromatic N) is 6. The van der Waals surface area contributed by atoms with Crippen LogP contribution in [-0.2, 0) is 11.0 Å². The predicted octanol–water partition coefficient (Wildman–Crippen LogP) is 2.16. The third-order valence-corrected chi connectivity index (χ3v) is 4.97. The van der Waals surface area contributed by atoms with Gasteiger partial charge in [-0.2, -0.15) is 18.3 Å². The first-order chi connectivity index (χ1) is 13.8. The van der Waals surface area contributed by atoms with E-state index in [1.165, 1.54) is 18.3 Å². The fourth-order valence-corrected chi connectivity index (χ4v) is 2.99. The van der Waals surface area contributed by atoms with Crippen molar-refractivity contribution in [3.05, 3.63) is 36.0 Å². The van der Waals surface area contributed by atoms with Crippen molar-refractivity contribution in [2.24, 2.45) is 0 Å². The molecule has 29 heavy (non-hydrogen) atoms. The van der Waals surface area contributed by atoms with Crippen molar-refractivity contribution in [1.29, 1.82) is 0 Å². The van der Waals surface area contributed by atoms with E-state index >= 15 is 0 Å². The summed E-state index contributed by atoms with van der Waals surface area (Å²) in [6, 6.07) is 4.81. The molecule has 0 bridgehead atoms. The largest absolute Gasteiger partial charge is 0.416 e. The van der Waals surface area contributed by atoms with E-state index in [4.69, 9.17) is 0 Å². The standard InChI is InChI=1S/C19H23F3N6O/c1-3-26(2)17(29)13-27-8-10-28(11-9-27)18-24-16(12-23-25-18)14-4-6-15(7-5-14)19(20,21)22/h4-7,12H,3,8-11,13H2,1-2H3. The van der Waals surface area contributed by atoms with Crippen LogP contribution in [0.25, 0.3) is 11.3 Å². The van der Waals surface area contributed by atoms with Crippen LogP contribution in [0.1, 0.15) is 12.5 Å². The number of carbonyl (C=O) groups is 1. The Balaban J connectivity index is 1.64. The van der Waals surface area contributed by atoms with Crippen LogP contribution >= 0.6 is 0 Å². The van der Waals surface area contributed by atoms with Crippen molar-refractivity contribution >= 4 is 11.9 Å². The Kier molecular flexibility index (Phi) is 6.31. The Labute approximate surface area is 167 Å². The summed E-state index contributed by atoms with van der Waals surface area (Å²) in [6.45, 7) is 5.65. The summed E-state index contributed by atoms with van der Waals surface area (Å²) in [5, 5.41) is 8.02. The molecule has 156 valence electrons. The van der Waals surface area contributed by atoms with E-state index in [2.05, 4.69) is 20.1 Å². The Hall–Kier alpha value is -2.75. The van der Waals surface area contributed by atoms with Gasteiger partial charge < -0.3 is 9.80 Å². The number of amides is 1. The first-order valence-electron chi connectivity index (χ1n) is 9.36. The quantitative estimate of drug-likeness (QED) is 0.756. The molecule has 0 spiro atoms. The van der Waals surface area contributed by atoms with Gasteiger partial charge in [0.05, 0.1) is 24.0 Å². The zero-order chi connectivity index (χ0) is 21.0. The molecule has 1 aliphatic rings. The molecular formula is C19H23F3N6O. The Morgan fingerprint density at radius 3 is 2.38 bits per heavy atom. The summed E-state index contributed by atoms with van der Waals surface area (Å²) < 4.78 is 38.2. The summed E-state index contributed by atoms with van der Waals surface area (Å²) in [6.07, 6.45) is -2.94. The summed E-state index contributed by atoms with van der Waals surface area (Å²) >= 11 is 0. The topological polar surface area (TPSA) is 65.5 Å². The lowest BCUT2D eigenvalue weighted by Crippen LogP contribution is -2.50. The molecule has 0 aliphatic carbocycles. The smallest absolute Gasteiger partial charge is 0.345 e. The van der Waals surface area contributed by atoms with Crippen molar-refractivity contribution in [1.82, 2.24) is 25.0 Å². The summed E-state index contributed by atoms with van der Waals surface area (Å²) in [5.41, 5.74) is 0.301. The van der Waals surface area contributed by atoms with Gasteiger partial charge in [-0.3, -0.25) is 9.69 Å². The third kappa shape index (κ3) is 5.20. The van der Waals surface area contributed by atoms with Crippen molar-refractivity contribution in [3.63, 3.8) is 0 Å². The number of hydrogen-bond acceptors (Lipinski definition) is 6. The molecule has 1 amide bonds. The highest BCUT2D eigenvalue weighted by Gasteiger charge is 2.30. The number of likely N-dealkylation sites (N-methyl/N-ethyl adjacent to an activating group) is 1. The Morgan fingerprint density at radius 2 is 1.79 bits per heavy atom. The van der Waals surface area contributed by atoms with Crippen molar-refractivity contribution in [2.45, 2.75) is 13.1 Å². The molecule has 3 rings (SSSR count). The van der Waals surface area contributed by atoms with Gasteiger partial charge in [0.1, 0.15) is 0 Å². The van der Waals surface area contributed by atoms with Crippen LogP contribution in [-0.4, -0.2) is 77.2 Å². The molecular weight excluding hydrogens is 385 g/mol. The summed E-state index contributed by atoms with van der Waals surface area (Å²) in [7, 11) is 1.78. The van der Waals surface area contributed by atoms with Crippen LogP contribution < -0.4 is 4.90 Å². The van der Waals surface area contributed by atoms with Crippen LogP contribution in [0.15, 0.2) is 30.5 Å². The van der Waals surface area contributed by atoms with Crippen LogP contribution in [0.2, 0.25) is 0 Å². The molecule has 0 unspecified atom stereocenters. The lowest BCUT2D eigenvalue weighted by Gasteiger charge is -2.34. The molecule has 10 heteroatoms. The zero-order valence-electron chi connectivity index (χ0n) is 16.4. The van der Waals surface area contributed by atoms with E-state index in [-0.39, 0.29) is 5.91 Å². The number of rotatable bonds is 5. The maximum absolute atomic E-state index is 12.7. The van der Waals surface area contributed by atoms with Gasteiger partial charge in [0.25, 0.3) is 0 Å². The molecule has 1 fully saturated rings. The average Bonchev–Trinajstić information content (AvgIpc) is 2.73. The molecule has 1 aromatic heterocycles. The maximum atomic E-state index is 12.7. The maximum Gasteiger partial charge on any atom is 0.416 e. The van der Waals surface area contributed by atoms with Crippen LogP contribution in [0.5, 0.6) is 0 Å². The lowest BCUT2D eigenvalue weighted by atomic mass is 10.1. The number of carbonyl (C=O) groups excluding carboxylic acids is 1. The van der Waals surface area contributed by atoms with Crippen LogP contribution in [0.4, 0.5) is 19.1 Å². The lowest BCUT2D eigenvalue weighted by molar-refractivity contribution is -0.137. The number of aromatic nitrogens is 3. The van der Waals surface area contributed by atoms with Crippen molar-refractivity contribution in [3.8, 4) is 11.3 Å². The van der Waals surface area contributed by atoms with Gasteiger partial charge in [0.2, 0.25) is 11.9 Å². The van der Waals surface area contributed by atoms with Gasteiger partial charge in [-0.05, 0) is 19.1 Å². The van der Waals surface area contributed by atoms with E-state index in [9.17, 15) is 18.0 Å². The molecule has 1 aliphatic heterocycles. The number of anilines is 1. The highest BCUT2D eigenvalue weighted by molar-refractivity contribution is 5.78. The molecule has 1 aromatic carbocycles. The SMILES string of the molecule is CCN(C)C(=O)CN1CCN(c2nncc(-c3ccc(C(F)(F)F)cc3)n2)CC1. The number of halogens is 3.